The fourth-order valence-electron chi connectivity index (χ4n) is 6.10. The minimum atomic E-state index is -0.321. The highest BCUT2D eigenvalue weighted by Gasteiger charge is 2.29. The lowest BCUT2D eigenvalue weighted by atomic mass is 9.89. The van der Waals surface area contributed by atoms with E-state index in [4.69, 9.17) is 14.7 Å². The van der Waals surface area contributed by atoms with Gasteiger partial charge in [-0.15, -0.1) is 0 Å². The van der Waals surface area contributed by atoms with Crippen molar-refractivity contribution < 1.29 is 9.53 Å². The molecule has 6 rings (SSSR count). The fourth-order valence-corrected chi connectivity index (χ4v) is 6.10. The van der Waals surface area contributed by atoms with Gasteiger partial charge in [0.1, 0.15) is 0 Å². The molecule has 0 amide bonds. The predicted molar refractivity (Wildman–Crippen MR) is 168 cm³/mol. The number of fused-ring (bicyclic) bond motifs is 1. The number of benzene rings is 3. The minimum absolute atomic E-state index is 0.321. The van der Waals surface area contributed by atoms with E-state index in [1.165, 1.54) is 11.1 Å². The molecule has 2 saturated heterocycles. The molecule has 0 atom stereocenters. The van der Waals surface area contributed by atoms with E-state index in [1.54, 1.807) is 6.07 Å². The minimum Gasteiger partial charge on any atom is -0.462 e. The SMILES string of the molecule is CC.CCOC(=O)c1ccc2nc(N3CCC(c4ccccc4)CC3)c(N3CCC(c4ccccc4)CC3)nc2c1. The second-order valence-electron chi connectivity index (χ2n) is 10.6. The monoisotopic (exact) mass is 550 g/mol. The Labute approximate surface area is 244 Å². The Morgan fingerprint density at radius 2 is 1.17 bits per heavy atom. The highest BCUT2D eigenvalue weighted by molar-refractivity contribution is 5.94. The molecule has 2 aliphatic rings. The normalized spacial score (nSPS) is 16.3. The molecule has 0 unspecified atom stereocenters. The van der Waals surface area contributed by atoms with Gasteiger partial charge in [-0.3, -0.25) is 0 Å². The third-order valence-corrected chi connectivity index (χ3v) is 8.27. The topological polar surface area (TPSA) is 58.6 Å². The molecule has 3 heterocycles. The number of carbonyl (C=O) groups is 1. The van der Waals surface area contributed by atoms with Crippen LogP contribution in [-0.4, -0.2) is 48.7 Å². The van der Waals surface area contributed by atoms with Crippen molar-refractivity contribution in [2.24, 2.45) is 0 Å². The zero-order valence-corrected chi connectivity index (χ0v) is 24.6. The van der Waals surface area contributed by atoms with Gasteiger partial charge >= 0.3 is 5.97 Å². The van der Waals surface area contributed by atoms with Crippen molar-refractivity contribution in [3.05, 3.63) is 95.6 Å². The standard InChI is InChI=1S/C33H36N4O2.C2H6/c1-2-39-33(38)28-13-14-29-30(23-28)35-32(37-21-17-27(18-22-37)25-11-7-4-8-12-25)31(34-29)36-19-15-26(16-20-36)24-9-5-3-6-10-24;1-2/h3-14,23,26-27H,2,15-22H2,1H3;1-2H3. The lowest BCUT2D eigenvalue weighted by molar-refractivity contribution is 0.0526. The Hall–Kier alpha value is -3.93. The molecule has 6 nitrogen and oxygen atoms in total. The van der Waals surface area contributed by atoms with Gasteiger partial charge < -0.3 is 14.5 Å². The summed E-state index contributed by atoms with van der Waals surface area (Å²) >= 11 is 0. The molecule has 0 aliphatic carbocycles. The molecule has 0 radical (unpaired) electrons. The predicted octanol–water partition coefficient (Wildman–Crippen LogP) is 7.60. The molecule has 4 aromatic rings. The van der Waals surface area contributed by atoms with E-state index in [1.807, 2.05) is 32.9 Å². The number of hydrogen-bond acceptors (Lipinski definition) is 6. The van der Waals surface area contributed by atoms with Gasteiger partial charge in [-0.2, -0.15) is 0 Å². The summed E-state index contributed by atoms with van der Waals surface area (Å²) < 4.78 is 5.24. The van der Waals surface area contributed by atoms with Crippen molar-refractivity contribution >= 4 is 28.6 Å². The Morgan fingerprint density at radius 1 is 0.707 bits per heavy atom. The average molecular weight is 551 g/mol. The lowest BCUT2D eigenvalue weighted by Crippen LogP contribution is -2.38. The Morgan fingerprint density at radius 3 is 1.63 bits per heavy atom. The third-order valence-electron chi connectivity index (χ3n) is 8.27. The van der Waals surface area contributed by atoms with Gasteiger partial charge in [0.15, 0.2) is 11.6 Å². The fraction of sp³-hybridized carbons (Fsp3) is 0.400. The molecular formula is C35H42N4O2. The number of nitrogens with zero attached hydrogens (tertiary/aromatic N) is 4. The number of anilines is 2. The molecule has 3 aromatic carbocycles. The zero-order valence-electron chi connectivity index (χ0n) is 24.6. The number of esters is 1. The zero-order chi connectivity index (χ0) is 28.6. The summed E-state index contributed by atoms with van der Waals surface area (Å²) in [6.07, 6.45) is 4.37. The van der Waals surface area contributed by atoms with Gasteiger partial charge in [0.25, 0.3) is 0 Å². The molecule has 214 valence electrons. The summed E-state index contributed by atoms with van der Waals surface area (Å²) in [5.41, 5.74) is 4.92. The molecule has 2 aliphatic heterocycles. The van der Waals surface area contributed by atoms with Crippen molar-refractivity contribution in [3.63, 3.8) is 0 Å². The molecular weight excluding hydrogens is 508 g/mol. The van der Waals surface area contributed by atoms with Crippen LogP contribution in [0.2, 0.25) is 0 Å². The van der Waals surface area contributed by atoms with E-state index >= 15 is 0 Å². The van der Waals surface area contributed by atoms with Crippen LogP contribution in [0, 0.1) is 0 Å². The van der Waals surface area contributed by atoms with Crippen LogP contribution in [-0.2, 0) is 4.74 Å². The van der Waals surface area contributed by atoms with Crippen LogP contribution in [0.1, 0.15) is 79.8 Å². The van der Waals surface area contributed by atoms with Crippen LogP contribution >= 0.6 is 0 Å². The maximum Gasteiger partial charge on any atom is 0.338 e. The molecule has 6 heteroatoms. The summed E-state index contributed by atoms with van der Waals surface area (Å²) in [6, 6.07) is 27.2. The van der Waals surface area contributed by atoms with Crippen LogP contribution in [0.4, 0.5) is 11.6 Å². The molecule has 0 N–H and O–H groups in total. The number of aromatic nitrogens is 2. The summed E-state index contributed by atoms with van der Waals surface area (Å²) in [7, 11) is 0. The van der Waals surface area contributed by atoms with Crippen LogP contribution in [0.5, 0.6) is 0 Å². The summed E-state index contributed by atoms with van der Waals surface area (Å²) in [5.74, 6) is 2.73. The molecule has 1 aromatic heterocycles. The lowest BCUT2D eigenvalue weighted by Gasteiger charge is -2.38. The molecule has 41 heavy (non-hydrogen) atoms. The largest absolute Gasteiger partial charge is 0.462 e. The average Bonchev–Trinajstić information content (AvgIpc) is 3.06. The molecule has 0 spiro atoms. The second-order valence-corrected chi connectivity index (χ2v) is 10.6. The van der Waals surface area contributed by atoms with Gasteiger partial charge in [-0.1, -0.05) is 74.5 Å². The number of rotatable bonds is 6. The highest BCUT2D eigenvalue weighted by atomic mass is 16.5. The van der Waals surface area contributed by atoms with Gasteiger partial charge in [-0.05, 0) is 73.8 Å². The first-order chi connectivity index (χ1) is 20.2. The first kappa shape index (κ1) is 28.6. The van der Waals surface area contributed by atoms with E-state index in [9.17, 15) is 4.79 Å². The van der Waals surface area contributed by atoms with Crippen molar-refractivity contribution in [1.82, 2.24) is 9.97 Å². The van der Waals surface area contributed by atoms with Crippen molar-refractivity contribution in [3.8, 4) is 0 Å². The second kappa shape index (κ2) is 13.6. The number of piperidine rings is 2. The summed E-state index contributed by atoms with van der Waals surface area (Å²) in [6.45, 7) is 9.95. The van der Waals surface area contributed by atoms with Crippen molar-refractivity contribution in [1.29, 1.82) is 0 Å². The molecule has 0 saturated carbocycles. The van der Waals surface area contributed by atoms with E-state index in [2.05, 4.69) is 70.5 Å². The van der Waals surface area contributed by atoms with Gasteiger partial charge in [0.05, 0.1) is 23.2 Å². The Bertz CT molecular complexity index is 1410. The van der Waals surface area contributed by atoms with E-state index in [-0.39, 0.29) is 5.97 Å². The Balaban J connectivity index is 0.00000165. The quantitative estimate of drug-likeness (QED) is 0.230. The number of ether oxygens (including phenoxy) is 1. The third kappa shape index (κ3) is 6.53. The van der Waals surface area contributed by atoms with Gasteiger partial charge in [0.2, 0.25) is 0 Å². The number of hydrogen-bond donors (Lipinski definition) is 0. The smallest absolute Gasteiger partial charge is 0.338 e. The van der Waals surface area contributed by atoms with E-state index in [0.717, 1.165) is 74.5 Å². The molecule has 2 fully saturated rings. The van der Waals surface area contributed by atoms with Gasteiger partial charge in [-0.25, -0.2) is 14.8 Å². The summed E-state index contributed by atoms with van der Waals surface area (Å²) in [4.78, 5) is 27.6. The maximum atomic E-state index is 12.4. The van der Waals surface area contributed by atoms with Crippen LogP contribution in [0.25, 0.3) is 11.0 Å². The first-order valence-corrected chi connectivity index (χ1v) is 15.3. The molecule has 0 bridgehead atoms. The number of carbonyl (C=O) groups excluding carboxylic acids is 1. The van der Waals surface area contributed by atoms with Crippen LogP contribution in [0.3, 0.4) is 0 Å². The van der Waals surface area contributed by atoms with Crippen LogP contribution in [0.15, 0.2) is 78.9 Å². The van der Waals surface area contributed by atoms with Crippen molar-refractivity contribution in [2.75, 3.05) is 42.6 Å². The van der Waals surface area contributed by atoms with E-state index in [0.29, 0.717) is 24.0 Å². The highest BCUT2D eigenvalue weighted by Crippen LogP contribution is 2.37. The first-order valence-electron chi connectivity index (χ1n) is 15.3. The van der Waals surface area contributed by atoms with Gasteiger partial charge in [0, 0.05) is 26.2 Å². The van der Waals surface area contributed by atoms with Crippen molar-refractivity contribution in [2.45, 2.75) is 58.3 Å². The maximum absolute atomic E-state index is 12.4. The Kier molecular flexibility index (Phi) is 9.50. The summed E-state index contributed by atoms with van der Waals surface area (Å²) in [5, 5.41) is 0. The van der Waals surface area contributed by atoms with Crippen LogP contribution < -0.4 is 9.80 Å². The van der Waals surface area contributed by atoms with E-state index < -0.39 is 0 Å².